The molecule has 3 rings (SSSR count). The smallest absolute Gasteiger partial charge is 0.405 e. The Morgan fingerprint density at radius 2 is 1.97 bits per heavy atom. The molecule has 1 aliphatic rings. The molecule has 10 heteroatoms. The lowest BCUT2D eigenvalue weighted by Crippen LogP contribution is -2.46. The summed E-state index contributed by atoms with van der Waals surface area (Å²) in [5, 5.41) is 8.41. The van der Waals surface area contributed by atoms with Crippen molar-refractivity contribution >= 4 is 17.3 Å². The average molecular weight is 443 g/mol. The predicted octanol–water partition coefficient (Wildman–Crippen LogP) is 3.39. The number of nitrogens with one attached hydrogen (secondary N) is 2. The molecule has 1 aromatic carbocycles. The van der Waals surface area contributed by atoms with Crippen LogP contribution in [0, 0.1) is 0 Å². The van der Waals surface area contributed by atoms with E-state index >= 15 is 0 Å². The summed E-state index contributed by atoms with van der Waals surface area (Å²) in [6, 6.07) is 10.3. The van der Waals surface area contributed by atoms with Gasteiger partial charge in [-0.2, -0.15) is 0 Å². The van der Waals surface area contributed by atoms with Crippen LogP contribution in [0.4, 0.5) is 13.2 Å². The molecule has 1 aliphatic heterocycles. The molecule has 0 amide bonds. The number of para-hydroxylation sites is 1. The SMILES string of the molecule is CN=C(NCc1ccccc1OC(F)(F)F)NCC(c1cccs1)N1CCOCC1. The van der Waals surface area contributed by atoms with Crippen molar-refractivity contribution in [2.24, 2.45) is 4.99 Å². The van der Waals surface area contributed by atoms with E-state index in [0.29, 0.717) is 31.3 Å². The van der Waals surface area contributed by atoms with Gasteiger partial charge in [0.25, 0.3) is 0 Å². The van der Waals surface area contributed by atoms with Crippen LogP contribution in [0.2, 0.25) is 0 Å². The van der Waals surface area contributed by atoms with Crippen molar-refractivity contribution in [2.45, 2.75) is 18.9 Å². The predicted molar refractivity (Wildman–Crippen MR) is 111 cm³/mol. The van der Waals surface area contributed by atoms with Gasteiger partial charge in [-0.15, -0.1) is 24.5 Å². The molecule has 2 heterocycles. The van der Waals surface area contributed by atoms with Crippen LogP contribution in [0.5, 0.6) is 5.75 Å². The molecule has 0 spiro atoms. The number of benzene rings is 1. The summed E-state index contributed by atoms with van der Waals surface area (Å²) in [5.74, 6) is 0.282. The minimum atomic E-state index is -4.73. The van der Waals surface area contributed by atoms with Crippen molar-refractivity contribution < 1.29 is 22.6 Å². The highest BCUT2D eigenvalue weighted by Gasteiger charge is 2.32. The third-order valence-electron chi connectivity index (χ3n) is 4.69. The molecular formula is C20H25F3N4O2S. The van der Waals surface area contributed by atoms with Gasteiger partial charge < -0.3 is 20.1 Å². The van der Waals surface area contributed by atoms with Gasteiger partial charge in [0.05, 0.1) is 19.3 Å². The summed E-state index contributed by atoms with van der Waals surface area (Å²) in [5.41, 5.74) is 0.390. The fourth-order valence-corrected chi connectivity index (χ4v) is 4.11. The molecule has 2 N–H and O–H groups in total. The number of nitrogens with zero attached hydrogens (tertiary/aromatic N) is 2. The minimum Gasteiger partial charge on any atom is -0.405 e. The van der Waals surface area contributed by atoms with Crippen LogP contribution < -0.4 is 15.4 Å². The number of hydrogen-bond donors (Lipinski definition) is 2. The van der Waals surface area contributed by atoms with Gasteiger partial charge in [-0.1, -0.05) is 24.3 Å². The van der Waals surface area contributed by atoms with E-state index in [2.05, 4.69) is 31.3 Å². The van der Waals surface area contributed by atoms with E-state index in [1.807, 2.05) is 11.4 Å². The maximum absolute atomic E-state index is 12.6. The molecule has 0 radical (unpaired) electrons. The number of guanidine groups is 1. The molecular weight excluding hydrogens is 417 g/mol. The van der Waals surface area contributed by atoms with Gasteiger partial charge >= 0.3 is 6.36 Å². The van der Waals surface area contributed by atoms with E-state index in [0.717, 1.165) is 13.1 Å². The molecule has 164 valence electrons. The second-order valence-electron chi connectivity index (χ2n) is 6.64. The van der Waals surface area contributed by atoms with E-state index in [1.165, 1.54) is 17.0 Å². The average Bonchev–Trinajstić information content (AvgIpc) is 3.25. The highest BCUT2D eigenvalue weighted by molar-refractivity contribution is 7.10. The first-order chi connectivity index (χ1) is 14.5. The summed E-state index contributed by atoms with van der Waals surface area (Å²) < 4.78 is 47.4. The Morgan fingerprint density at radius 1 is 1.20 bits per heavy atom. The van der Waals surface area contributed by atoms with Gasteiger partial charge in [0.15, 0.2) is 5.96 Å². The first kappa shape index (κ1) is 22.4. The summed E-state index contributed by atoms with van der Waals surface area (Å²) in [7, 11) is 1.63. The fraction of sp³-hybridized carbons (Fsp3) is 0.450. The van der Waals surface area contributed by atoms with Gasteiger partial charge in [0.1, 0.15) is 5.75 Å². The first-order valence-electron chi connectivity index (χ1n) is 9.59. The molecule has 6 nitrogen and oxygen atoms in total. The van der Waals surface area contributed by atoms with Crippen molar-refractivity contribution in [3.63, 3.8) is 0 Å². The lowest BCUT2D eigenvalue weighted by atomic mass is 10.2. The molecule has 1 aromatic heterocycles. The second-order valence-corrected chi connectivity index (χ2v) is 7.62. The maximum atomic E-state index is 12.6. The molecule has 30 heavy (non-hydrogen) atoms. The molecule has 1 unspecified atom stereocenters. The monoisotopic (exact) mass is 442 g/mol. The van der Waals surface area contributed by atoms with Gasteiger partial charge in [-0.25, -0.2) is 0 Å². The third-order valence-corrected chi connectivity index (χ3v) is 5.66. The molecule has 0 bridgehead atoms. The molecule has 2 aromatic rings. The number of halogens is 3. The third kappa shape index (κ3) is 6.61. The largest absolute Gasteiger partial charge is 0.573 e. The van der Waals surface area contributed by atoms with Crippen molar-refractivity contribution in [1.82, 2.24) is 15.5 Å². The highest BCUT2D eigenvalue weighted by atomic mass is 32.1. The van der Waals surface area contributed by atoms with Crippen molar-refractivity contribution in [2.75, 3.05) is 39.9 Å². The molecule has 0 aliphatic carbocycles. The van der Waals surface area contributed by atoms with Gasteiger partial charge in [-0.3, -0.25) is 9.89 Å². The summed E-state index contributed by atoms with van der Waals surface area (Å²) in [6.07, 6.45) is -4.73. The lowest BCUT2D eigenvalue weighted by molar-refractivity contribution is -0.274. The number of morpholine rings is 1. The van der Waals surface area contributed by atoms with Crippen LogP contribution >= 0.6 is 11.3 Å². The standard InChI is InChI=1S/C20H25F3N4O2S/c1-24-19(25-13-15-5-2-3-6-17(15)29-20(21,22)23)26-14-16(18-7-4-12-30-18)27-8-10-28-11-9-27/h2-7,12,16H,8-11,13-14H2,1H3,(H2,24,25,26). The Hall–Kier alpha value is -2.30. The van der Waals surface area contributed by atoms with Gasteiger partial charge in [-0.05, 0) is 17.5 Å². The van der Waals surface area contributed by atoms with E-state index in [1.54, 1.807) is 30.5 Å². The van der Waals surface area contributed by atoms with Crippen LogP contribution in [-0.4, -0.2) is 57.1 Å². The zero-order chi connectivity index (χ0) is 21.4. The van der Waals surface area contributed by atoms with E-state index < -0.39 is 6.36 Å². The number of alkyl halides is 3. The van der Waals surface area contributed by atoms with Crippen molar-refractivity contribution in [3.05, 3.63) is 52.2 Å². The Morgan fingerprint density at radius 3 is 2.63 bits per heavy atom. The van der Waals surface area contributed by atoms with Crippen LogP contribution in [0.15, 0.2) is 46.8 Å². The van der Waals surface area contributed by atoms with Crippen LogP contribution in [0.3, 0.4) is 0 Å². The van der Waals surface area contributed by atoms with E-state index in [-0.39, 0.29) is 18.3 Å². The topological polar surface area (TPSA) is 58.1 Å². The van der Waals surface area contributed by atoms with Crippen LogP contribution in [0.25, 0.3) is 0 Å². The first-order valence-corrected chi connectivity index (χ1v) is 10.5. The van der Waals surface area contributed by atoms with Crippen LogP contribution in [0.1, 0.15) is 16.5 Å². The Kier molecular flexibility index (Phi) is 7.94. The molecule has 1 atom stereocenters. The van der Waals surface area contributed by atoms with Gasteiger partial charge in [0.2, 0.25) is 0 Å². The Balaban J connectivity index is 1.60. The zero-order valence-corrected chi connectivity index (χ0v) is 17.4. The molecule has 1 saturated heterocycles. The number of rotatable bonds is 7. The van der Waals surface area contributed by atoms with Crippen LogP contribution in [-0.2, 0) is 11.3 Å². The summed E-state index contributed by atoms with van der Waals surface area (Å²) in [6.45, 7) is 3.85. The lowest BCUT2D eigenvalue weighted by Gasteiger charge is -2.34. The number of hydrogen-bond acceptors (Lipinski definition) is 5. The normalized spacial score (nSPS) is 16.9. The maximum Gasteiger partial charge on any atom is 0.573 e. The van der Waals surface area contributed by atoms with Gasteiger partial charge in [0, 0.05) is 43.7 Å². The number of thiophene rings is 1. The second kappa shape index (κ2) is 10.6. The van der Waals surface area contributed by atoms with Crippen molar-refractivity contribution in [1.29, 1.82) is 0 Å². The summed E-state index contributed by atoms with van der Waals surface area (Å²) >= 11 is 1.70. The summed E-state index contributed by atoms with van der Waals surface area (Å²) in [4.78, 5) is 7.80. The molecule has 0 saturated carbocycles. The Bertz CT molecular complexity index is 809. The fourth-order valence-electron chi connectivity index (χ4n) is 3.25. The van der Waals surface area contributed by atoms with E-state index in [9.17, 15) is 13.2 Å². The van der Waals surface area contributed by atoms with Crippen molar-refractivity contribution in [3.8, 4) is 5.75 Å². The quantitative estimate of drug-likeness (QED) is 0.509. The highest BCUT2D eigenvalue weighted by Crippen LogP contribution is 2.27. The number of ether oxygens (including phenoxy) is 2. The minimum absolute atomic E-state index is 0.146. The molecule has 1 fully saturated rings. The number of aliphatic imine (C=N–C) groups is 1. The Labute approximate surface area is 177 Å². The zero-order valence-electron chi connectivity index (χ0n) is 16.6. The van der Waals surface area contributed by atoms with E-state index in [4.69, 9.17) is 4.74 Å².